The Labute approximate surface area is 173 Å². The van der Waals surface area contributed by atoms with Crippen LogP contribution in [0.3, 0.4) is 0 Å². The average molecular weight is 438 g/mol. The van der Waals surface area contributed by atoms with Gasteiger partial charge in [0.15, 0.2) is 0 Å². The van der Waals surface area contributed by atoms with Crippen molar-refractivity contribution in [2.75, 3.05) is 32.3 Å². The standard InChI is InChI=1S/C18H31NO7S2/c1-10-14(17(21)22)13(26-4)9-12(15(18(23)24)11(2)25-3)5-7-27-28-8-6-19-16(10)20/h10-15H,5-9H2,1-4H3,(H,19,20)(H,21,22)(H,23,24). The largest absolute Gasteiger partial charge is 0.481 e. The molecule has 0 bridgehead atoms. The summed E-state index contributed by atoms with van der Waals surface area (Å²) >= 11 is 0. The monoisotopic (exact) mass is 437 g/mol. The molecule has 0 aromatic rings. The predicted octanol–water partition coefficient (Wildman–Crippen LogP) is 1.98. The van der Waals surface area contributed by atoms with Gasteiger partial charge in [-0.25, -0.2) is 0 Å². The molecule has 0 aliphatic carbocycles. The Balaban J connectivity index is 3.23. The summed E-state index contributed by atoms with van der Waals surface area (Å²) in [6, 6.07) is 0. The Kier molecular flexibility index (Phi) is 11.2. The lowest BCUT2D eigenvalue weighted by Crippen LogP contribution is -2.45. The molecule has 0 aromatic heterocycles. The normalized spacial score (nSPS) is 30.1. The number of carboxylic acids is 2. The lowest BCUT2D eigenvalue weighted by molar-refractivity contribution is -0.155. The summed E-state index contributed by atoms with van der Waals surface area (Å²) < 4.78 is 10.8. The molecule has 3 N–H and O–H groups in total. The Hall–Kier alpha value is -0.970. The SMILES string of the molecule is COC(C)C(C(=O)O)C1CCSSCCNC(=O)C(C)C(C(=O)O)C(OC)C1. The van der Waals surface area contributed by atoms with E-state index in [0.29, 0.717) is 24.5 Å². The summed E-state index contributed by atoms with van der Waals surface area (Å²) in [7, 11) is 6.09. The average Bonchev–Trinajstić information content (AvgIpc) is 2.65. The van der Waals surface area contributed by atoms with Gasteiger partial charge in [-0.05, 0) is 25.7 Å². The van der Waals surface area contributed by atoms with Crippen LogP contribution in [0, 0.1) is 23.7 Å². The van der Waals surface area contributed by atoms with E-state index in [4.69, 9.17) is 9.47 Å². The molecule has 0 saturated carbocycles. The molecule has 10 heteroatoms. The molecule has 1 aliphatic heterocycles. The maximum atomic E-state index is 12.4. The summed E-state index contributed by atoms with van der Waals surface area (Å²) in [4.78, 5) is 36.3. The van der Waals surface area contributed by atoms with E-state index in [1.807, 2.05) is 0 Å². The first-order valence-corrected chi connectivity index (χ1v) is 11.8. The van der Waals surface area contributed by atoms with Crippen molar-refractivity contribution < 1.29 is 34.1 Å². The second-order valence-electron chi connectivity index (χ2n) is 6.95. The summed E-state index contributed by atoms with van der Waals surface area (Å²) in [6.45, 7) is 3.73. The number of carbonyl (C=O) groups excluding carboxylic acids is 1. The van der Waals surface area contributed by atoms with Gasteiger partial charge in [-0.1, -0.05) is 28.5 Å². The quantitative estimate of drug-likeness (QED) is 0.535. The number of methoxy groups -OCH3 is 2. The van der Waals surface area contributed by atoms with Crippen molar-refractivity contribution in [1.29, 1.82) is 0 Å². The van der Waals surface area contributed by atoms with Crippen molar-refractivity contribution in [1.82, 2.24) is 5.32 Å². The lowest BCUT2D eigenvalue weighted by Gasteiger charge is -2.33. The highest BCUT2D eigenvalue weighted by Gasteiger charge is 2.41. The van der Waals surface area contributed by atoms with Gasteiger partial charge in [0.1, 0.15) is 0 Å². The van der Waals surface area contributed by atoms with Crippen molar-refractivity contribution in [2.45, 2.75) is 38.9 Å². The Bertz CT molecular complexity index is 534. The molecular weight excluding hydrogens is 406 g/mol. The van der Waals surface area contributed by atoms with Gasteiger partial charge >= 0.3 is 11.9 Å². The van der Waals surface area contributed by atoms with Gasteiger partial charge in [-0.15, -0.1) is 0 Å². The highest BCUT2D eigenvalue weighted by atomic mass is 33.1. The smallest absolute Gasteiger partial charge is 0.309 e. The van der Waals surface area contributed by atoms with Crippen LogP contribution in [0.25, 0.3) is 0 Å². The van der Waals surface area contributed by atoms with Gasteiger partial charge in [-0.2, -0.15) is 0 Å². The minimum Gasteiger partial charge on any atom is -0.481 e. The van der Waals surface area contributed by atoms with E-state index in [2.05, 4.69) is 5.32 Å². The molecule has 0 spiro atoms. The number of rotatable bonds is 6. The van der Waals surface area contributed by atoms with E-state index in [0.717, 1.165) is 0 Å². The van der Waals surface area contributed by atoms with Gasteiger partial charge in [0.05, 0.1) is 30.0 Å². The van der Waals surface area contributed by atoms with Gasteiger partial charge in [0.2, 0.25) is 5.91 Å². The van der Waals surface area contributed by atoms with Crippen LogP contribution in [-0.2, 0) is 23.9 Å². The van der Waals surface area contributed by atoms with Crippen LogP contribution in [0.15, 0.2) is 0 Å². The second-order valence-corrected chi connectivity index (χ2v) is 9.65. The molecule has 8 nitrogen and oxygen atoms in total. The van der Waals surface area contributed by atoms with Crippen molar-refractivity contribution in [3.05, 3.63) is 0 Å². The highest BCUT2D eigenvalue weighted by molar-refractivity contribution is 8.76. The van der Waals surface area contributed by atoms with Gasteiger partial charge in [0, 0.05) is 32.3 Å². The zero-order valence-electron chi connectivity index (χ0n) is 16.8. The van der Waals surface area contributed by atoms with Crippen molar-refractivity contribution in [3.63, 3.8) is 0 Å². The van der Waals surface area contributed by atoms with Crippen LogP contribution in [-0.4, -0.2) is 72.5 Å². The number of hydrogen-bond donors (Lipinski definition) is 3. The molecule has 6 unspecified atom stereocenters. The summed E-state index contributed by atoms with van der Waals surface area (Å²) in [5, 5.41) is 22.3. The number of hydrogen-bond acceptors (Lipinski definition) is 7. The maximum absolute atomic E-state index is 12.4. The molecule has 28 heavy (non-hydrogen) atoms. The van der Waals surface area contributed by atoms with Gasteiger partial charge < -0.3 is 25.0 Å². The third kappa shape index (κ3) is 7.13. The van der Waals surface area contributed by atoms with E-state index in [1.165, 1.54) is 14.2 Å². The minimum atomic E-state index is -1.13. The Morgan fingerprint density at radius 2 is 1.86 bits per heavy atom. The third-order valence-corrected chi connectivity index (χ3v) is 7.73. The summed E-state index contributed by atoms with van der Waals surface area (Å²) in [5.41, 5.74) is 0. The molecule has 162 valence electrons. The van der Waals surface area contributed by atoms with Crippen molar-refractivity contribution in [2.24, 2.45) is 23.7 Å². The Morgan fingerprint density at radius 3 is 2.39 bits per heavy atom. The first-order valence-electron chi connectivity index (χ1n) is 9.27. The molecule has 0 aromatic carbocycles. The van der Waals surface area contributed by atoms with Crippen LogP contribution >= 0.6 is 21.6 Å². The second kappa shape index (κ2) is 12.6. The molecule has 1 fully saturated rings. The lowest BCUT2D eigenvalue weighted by atomic mass is 9.77. The van der Waals surface area contributed by atoms with E-state index in [-0.39, 0.29) is 18.2 Å². The fourth-order valence-electron chi connectivity index (χ4n) is 3.62. The molecule has 1 heterocycles. The fraction of sp³-hybridized carbons (Fsp3) is 0.833. The van der Waals surface area contributed by atoms with Crippen LogP contribution in [0.5, 0.6) is 0 Å². The molecular formula is C18H31NO7S2. The number of carboxylic acid groups (broad SMARTS) is 2. The molecule has 1 saturated heterocycles. The first-order chi connectivity index (χ1) is 13.2. The van der Waals surface area contributed by atoms with Crippen molar-refractivity contribution in [3.8, 4) is 0 Å². The van der Waals surface area contributed by atoms with Crippen LogP contribution in [0.4, 0.5) is 0 Å². The first kappa shape index (κ1) is 25.1. The maximum Gasteiger partial charge on any atom is 0.309 e. The number of carbonyl (C=O) groups is 3. The van der Waals surface area contributed by atoms with E-state index < -0.39 is 41.9 Å². The van der Waals surface area contributed by atoms with Crippen LogP contribution in [0.2, 0.25) is 0 Å². The Morgan fingerprint density at radius 1 is 1.21 bits per heavy atom. The summed E-state index contributed by atoms with van der Waals surface area (Å²) in [5.74, 6) is -4.04. The fourth-order valence-corrected chi connectivity index (χ4v) is 5.68. The number of amides is 1. The zero-order valence-corrected chi connectivity index (χ0v) is 18.4. The molecule has 1 aliphatic rings. The third-order valence-electron chi connectivity index (χ3n) is 5.29. The van der Waals surface area contributed by atoms with Crippen LogP contribution < -0.4 is 5.32 Å². The van der Waals surface area contributed by atoms with Gasteiger partial charge in [-0.3, -0.25) is 14.4 Å². The number of aliphatic carboxylic acids is 2. The highest BCUT2D eigenvalue weighted by Crippen LogP contribution is 2.34. The van der Waals surface area contributed by atoms with Crippen molar-refractivity contribution >= 4 is 39.4 Å². The topological polar surface area (TPSA) is 122 Å². The molecule has 1 rings (SSSR count). The van der Waals surface area contributed by atoms with E-state index in [1.54, 1.807) is 35.4 Å². The predicted molar refractivity (Wildman–Crippen MR) is 109 cm³/mol. The van der Waals surface area contributed by atoms with E-state index >= 15 is 0 Å². The summed E-state index contributed by atoms with van der Waals surface area (Å²) in [6.07, 6.45) is -0.504. The van der Waals surface area contributed by atoms with Gasteiger partial charge in [0.25, 0.3) is 0 Å². The van der Waals surface area contributed by atoms with E-state index in [9.17, 15) is 24.6 Å². The van der Waals surface area contributed by atoms with Crippen LogP contribution in [0.1, 0.15) is 26.7 Å². The zero-order chi connectivity index (χ0) is 21.3. The number of ether oxygens (including phenoxy) is 2. The minimum absolute atomic E-state index is 0.223. The number of nitrogens with one attached hydrogen (secondary N) is 1. The molecule has 1 amide bonds. The molecule has 0 radical (unpaired) electrons. The molecule has 6 atom stereocenters.